The van der Waals surface area contributed by atoms with Crippen LogP contribution in [0.1, 0.15) is 50.7 Å². The van der Waals surface area contributed by atoms with Crippen LogP contribution in [0, 0.1) is 12.3 Å². The summed E-state index contributed by atoms with van der Waals surface area (Å²) in [4.78, 5) is 7.02. The van der Waals surface area contributed by atoms with Crippen molar-refractivity contribution >= 4 is 11.6 Å². The van der Waals surface area contributed by atoms with Gasteiger partial charge in [0.25, 0.3) is 0 Å². The molecule has 1 fully saturated rings. The summed E-state index contributed by atoms with van der Waals surface area (Å²) in [5.41, 5.74) is 1.09. The lowest BCUT2D eigenvalue weighted by atomic mass is 9.73. The number of aromatic nitrogens is 3. The van der Waals surface area contributed by atoms with Gasteiger partial charge in [0.1, 0.15) is 12.4 Å². The number of aryl methyl sites for hydroxylation is 1. The third-order valence-electron chi connectivity index (χ3n) is 6.66. The molecule has 0 aliphatic heterocycles. The Labute approximate surface area is 192 Å². The molecule has 0 bridgehead atoms. The Hall–Kier alpha value is -2.61. The molecule has 3 rings (SSSR count). The molecule has 176 valence electrons. The van der Waals surface area contributed by atoms with Crippen molar-refractivity contribution in [3.05, 3.63) is 42.0 Å². The Morgan fingerprint density at radius 3 is 2.72 bits per heavy atom. The largest absolute Gasteiger partial charge is 0.392 e. The second-order valence-electron chi connectivity index (χ2n) is 9.19. The topological polar surface area (TPSA) is 90.6 Å². The highest BCUT2D eigenvalue weighted by Crippen LogP contribution is 2.35. The van der Waals surface area contributed by atoms with E-state index in [9.17, 15) is 5.11 Å². The van der Waals surface area contributed by atoms with Crippen LogP contribution in [-0.4, -0.2) is 58.6 Å². The molecule has 1 aromatic carbocycles. The molecular formula is C24H39N7O. The van der Waals surface area contributed by atoms with Gasteiger partial charge in [0.2, 0.25) is 0 Å². The maximum atomic E-state index is 10.5. The van der Waals surface area contributed by atoms with E-state index in [1.165, 1.54) is 12.1 Å². The molecule has 1 aliphatic rings. The zero-order chi connectivity index (χ0) is 23.0. The first-order valence-electron chi connectivity index (χ1n) is 11.7. The van der Waals surface area contributed by atoms with Crippen LogP contribution in [-0.2, 0) is 13.6 Å². The van der Waals surface area contributed by atoms with E-state index in [2.05, 4.69) is 64.0 Å². The summed E-state index contributed by atoms with van der Waals surface area (Å²) in [7, 11) is 4.07. The normalized spacial score (nSPS) is 21.4. The zero-order valence-corrected chi connectivity index (χ0v) is 20.0. The molecule has 0 saturated heterocycles. The summed E-state index contributed by atoms with van der Waals surface area (Å²) < 4.78 is 1.96. The SMILES string of the molecule is Cc1nnc(CN=C(NCCCN(C)c2ccccc2)NCC2(C)CCCCC2O)n1C. The van der Waals surface area contributed by atoms with E-state index < -0.39 is 0 Å². The van der Waals surface area contributed by atoms with Crippen LogP contribution >= 0.6 is 0 Å². The Kier molecular flexibility index (Phi) is 8.50. The third kappa shape index (κ3) is 6.45. The van der Waals surface area contributed by atoms with Gasteiger partial charge < -0.3 is 25.2 Å². The monoisotopic (exact) mass is 441 g/mol. The molecule has 2 atom stereocenters. The van der Waals surface area contributed by atoms with Crippen LogP contribution in [0.4, 0.5) is 5.69 Å². The van der Waals surface area contributed by atoms with Crippen molar-refractivity contribution in [1.29, 1.82) is 0 Å². The van der Waals surface area contributed by atoms with Crippen molar-refractivity contribution < 1.29 is 5.11 Å². The maximum absolute atomic E-state index is 10.5. The van der Waals surface area contributed by atoms with Crippen molar-refractivity contribution in [1.82, 2.24) is 25.4 Å². The minimum absolute atomic E-state index is 0.129. The van der Waals surface area contributed by atoms with Gasteiger partial charge in [-0.15, -0.1) is 10.2 Å². The number of rotatable bonds is 9. The number of benzene rings is 1. The summed E-state index contributed by atoms with van der Waals surface area (Å²) in [6.07, 6.45) is 4.89. The average Bonchev–Trinajstić information content (AvgIpc) is 3.12. The first kappa shape index (κ1) is 24.0. The molecule has 8 heteroatoms. The van der Waals surface area contributed by atoms with E-state index in [4.69, 9.17) is 4.99 Å². The molecule has 1 heterocycles. The van der Waals surface area contributed by atoms with E-state index in [0.29, 0.717) is 13.1 Å². The fraction of sp³-hybridized carbons (Fsp3) is 0.625. The number of aliphatic hydroxyl groups excluding tert-OH is 1. The summed E-state index contributed by atoms with van der Waals surface area (Å²) in [6.45, 7) is 7.01. The number of anilines is 1. The molecule has 3 N–H and O–H groups in total. The molecule has 32 heavy (non-hydrogen) atoms. The van der Waals surface area contributed by atoms with Crippen LogP contribution in [0.25, 0.3) is 0 Å². The quantitative estimate of drug-likeness (QED) is 0.315. The fourth-order valence-electron chi connectivity index (χ4n) is 4.12. The molecule has 0 radical (unpaired) electrons. The van der Waals surface area contributed by atoms with Crippen LogP contribution in [0.5, 0.6) is 0 Å². The van der Waals surface area contributed by atoms with Crippen molar-refractivity contribution in [3.63, 3.8) is 0 Å². The maximum Gasteiger partial charge on any atom is 0.191 e. The van der Waals surface area contributed by atoms with Crippen LogP contribution < -0.4 is 15.5 Å². The van der Waals surface area contributed by atoms with Crippen molar-refractivity contribution in [2.24, 2.45) is 17.5 Å². The highest BCUT2D eigenvalue weighted by Gasteiger charge is 2.35. The Morgan fingerprint density at radius 1 is 1.25 bits per heavy atom. The minimum Gasteiger partial charge on any atom is -0.392 e. The first-order chi connectivity index (χ1) is 15.4. The smallest absolute Gasteiger partial charge is 0.191 e. The fourth-order valence-corrected chi connectivity index (χ4v) is 4.12. The lowest BCUT2D eigenvalue weighted by Crippen LogP contribution is -2.48. The van der Waals surface area contributed by atoms with Gasteiger partial charge in [-0.2, -0.15) is 0 Å². The van der Waals surface area contributed by atoms with E-state index >= 15 is 0 Å². The van der Waals surface area contributed by atoms with Gasteiger partial charge in [-0.1, -0.05) is 38.0 Å². The number of hydrogen-bond donors (Lipinski definition) is 3. The number of guanidine groups is 1. The number of nitrogens with zero attached hydrogens (tertiary/aromatic N) is 5. The van der Waals surface area contributed by atoms with E-state index in [1.807, 2.05) is 24.6 Å². The number of nitrogens with one attached hydrogen (secondary N) is 2. The van der Waals surface area contributed by atoms with Crippen molar-refractivity contribution in [2.75, 3.05) is 31.6 Å². The Bertz CT molecular complexity index is 866. The second-order valence-corrected chi connectivity index (χ2v) is 9.19. The Balaban J connectivity index is 1.56. The molecule has 1 saturated carbocycles. The van der Waals surface area contributed by atoms with Gasteiger partial charge in [-0.25, -0.2) is 4.99 Å². The van der Waals surface area contributed by atoms with Gasteiger partial charge in [0, 0.05) is 44.8 Å². The number of aliphatic imine (C=N–C) groups is 1. The lowest BCUT2D eigenvalue weighted by molar-refractivity contribution is 0.00397. The highest BCUT2D eigenvalue weighted by molar-refractivity contribution is 5.79. The van der Waals surface area contributed by atoms with Gasteiger partial charge >= 0.3 is 0 Å². The van der Waals surface area contributed by atoms with Crippen LogP contribution in [0.2, 0.25) is 0 Å². The molecule has 0 spiro atoms. The van der Waals surface area contributed by atoms with Gasteiger partial charge in [0.15, 0.2) is 11.8 Å². The molecule has 2 aromatic rings. The van der Waals surface area contributed by atoms with E-state index in [-0.39, 0.29) is 11.5 Å². The lowest BCUT2D eigenvalue weighted by Gasteiger charge is -2.38. The van der Waals surface area contributed by atoms with E-state index in [0.717, 1.165) is 56.4 Å². The molecule has 2 unspecified atom stereocenters. The molecule has 8 nitrogen and oxygen atoms in total. The molecular weight excluding hydrogens is 402 g/mol. The predicted molar refractivity (Wildman–Crippen MR) is 130 cm³/mol. The Morgan fingerprint density at radius 2 is 2.03 bits per heavy atom. The average molecular weight is 442 g/mol. The standard InChI is InChI=1S/C24H39N7O/c1-19-28-29-22(31(19)4)17-26-23(27-18-24(2)14-9-8-13-21(24)32)25-15-10-16-30(3)20-11-6-5-7-12-20/h5-7,11-12,21,32H,8-10,13-18H2,1-4H3,(H2,25,26,27). The zero-order valence-electron chi connectivity index (χ0n) is 20.0. The molecule has 1 aromatic heterocycles. The third-order valence-corrected chi connectivity index (χ3v) is 6.66. The number of hydrogen-bond acceptors (Lipinski definition) is 5. The van der Waals surface area contributed by atoms with Crippen LogP contribution in [0.3, 0.4) is 0 Å². The highest BCUT2D eigenvalue weighted by atomic mass is 16.3. The van der Waals surface area contributed by atoms with Gasteiger partial charge in [0.05, 0.1) is 6.10 Å². The summed E-state index contributed by atoms with van der Waals surface area (Å²) >= 11 is 0. The minimum atomic E-state index is -0.272. The van der Waals surface area contributed by atoms with Gasteiger partial charge in [-0.3, -0.25) is 0 Å². The van der Waals surface area contributed by atoms with Crippen molar-refractivity contribution in [2.45, 2.75) is 58.6 Å². The van der Waals surface area contributed by atoms with Crippen LogP contribution in [0.15, 0.2) is 35.3 Å². The molecule has 0 amide bonds. The second kappa shape index (κ2) is 11.3. The summed E-state index contributed by atoms with van der Waals surface area (Å²) in [5.74, 6) is 2.46. The first-order valence-corrected chi connectivity index (χ1v) is 11.7. The summed E-state index contributed by atoms with van der Waals surface area (Å²) in [5, 5.41) is 25.8. The van der Waals surface area contributed by atoms with Crippen molar-refractivity contribution in [3.8, 4) is 0 Å². The molecule has 1 aliphatic carbocycles. The summed E-state index contributed by atoms with van der Waals surface area (Å²) in [6, 6.07) is 10.4. The predicted octanol–water partition coefficient (Wildman–Crippen LogP) is 2.63. The number of aliphatic hydroxyl groups is 1. The number of para-hydroxylation sites is 1. The van der Waals surface area contributed by atoms with E-state index in [1.54, 1.807) is 0 Å². The van der Waals surface area contributed by atoms with Gasteiger partial charge in [-0.05, 0) is 38.3 Å².